The Hall–Kier alpha value is -1.71. The molecule has 0 radical (unpaired) electrons. The van der Waals surface area contributed by atoms with Crippen molar-refractivity contribution in [1.82, 2.24) is 4.90 Å². The summed E-state index contributed by atoms with van der Waals surface area (Å²) in [5, 5.41) is 3.18. The van der Waals surface area contributed by atoms with Crippen molar-refractivity contribution in [2.45, 2.75) is 6.10 Å². The van der Waals surface area contributed by atoms with Gasteiger partial charge in [-0.25, -0.2) is 0 Å². The van der Waals surface area contributed by atoms with E-state index in [1.807, 2.05) is 24.3 Å². The smallest absolute Gasteiger partial charge is 0.264 e. The maximum atomic E-state index is 11.7. The minimum Gasteiger partial charge on any atom is -0.477 e. The van der Waals surface area contributed by atoms with Gasteiger partial charge in [0.2, 0.25) is 0 Å². The van der Waals surface area contributed by atoms with Crippen LogP contribution in [0.5, 0.6) is 5.75 Å². The third kappa shape index (κ3) is 1.88. The molecule has 1 amide bonds. The minimum absolute atomic E-state index is 0.0167. The van der Waals surface area contributed by atoms with Gasteiger partial charge in [0.05, 0.1) is 12.2 Å². The van der Waals surface area contributed by atoms with Gasteiger partial charge in [-0.05, 0) is 12.1 Å². The number of hydrogen-bond donors (Lipinski definition) is 1. The van der Waals surface area contributed by atoms with Crippen molar-refractivity contribution >= 4 is 11.6 Å². The molecule has 0 spiro atoms. The Labute approximate surface area is 88.8 Å². The van der Waals surface area contributed by atoms with E-state index in [2.05, 4.69) is 5.32 Å². The summed E-state index contributed by atoms with van der Waals surface area (Å²) in [6.07, 6.45) is -0.421. The van der Waals surface area contributed by atoms with Crippen LogP contribution in [0.2, 0.25) is 0 Å². The van der Waals surface area contributed by atoms with Crippen molar-refractivity contribution in [3.8, 4) is 5.75 Å². The van der Waals surface area contributed by atoms with Gasteiger partial charge in [0.25, 0.3) is 5.91 Å². The zero-order valence-electron chi connectivity index (χ0n) is 8.86. The number of benzene rings is 1. The number of hydrogen-bond acceptors (Lipinski definition) is 3. The summed E-state index contributed by atoms with van der Waals surface area (Å²) >= 11 is 0. The standard InChI is InChI=1S/C11H14N2O2/c1-13(2)11(14)10-7-12-8-5-3-4-6-9(8)15-10/h3-6,10,12H,7H2,1-2H3/t10-/m0/s1. The number of rotatable bonds is 1. The number of ether oxygens (including phenoxy) is 1. The topological polar surface area (TPSA) is 41.6 Å². The minimum atomic E-state index is -0.421. The van der Waals surface area contributed by atoms with Gasteiger partial charge in [0.1, 0.15) is 5.75 Å². The highest BCUT2D eigenvalue weighted by molar-refractivity contribution is 5.82. The van der Waals surface area contributed by atoms with Crippen LogP contribution in [-0.4, -0.2) is 37.6 Å². The highest BCUT2D eigenvalue weighted by Gasteiger charge is 2.26. The fourth-order valence-electron chi connectivity index (χ4n) is 1.54. The van der Waals surface area contributed by atoms with Crippen molar-refractivity contribution in [2.24, 2.45) is 0 Å². The van der Waals surface area contributed by atoms with E-state index in [0.717, 1.165) is 11.4 Å². The predicted octanol–water partition coefficient (Wildman–Crippen LogP) is 0.948. The van der Waals surface area contributed by atoms with Gasteiger partial charge in [-0.3, -0.25) is 4.79 Å². The number of para-hydroxylation sites is 2. The van der Waals surface area contributed by atoms with Crippen LogP contribution < -0.4 is 10.1 Å². The van der Waals surface area contributed by atoms with Crippen LogP contribution in [0.25, 0.3) is 0 Å². The van der Waals surface area contributed by atoms with Gasteiger partial charge in [-0.15, -0.1) is 0 Å². The Morgan fingerprint density at radius 1 is 1.47 bits per heavy atom. The van der Waals surface area contributed by atoms with Crippen LogP contribution in [0.15, 0.2) is 24.3 Å². The van der Waals surface area contributed by atoms with Gasteiger partial charge in [0.15, 0.2) is 6.10 Å². The van der Waals surface area contributed by atoms with Crippen LogP contribution in [0, 0.1) is 0 Å². The van der Waals surface area contributed by atoms with Gasteiger partial charge in [-0.1, -0.05) is 12.1 Å². The molecule has 4 nitrogen and oxygen atoms in total. The Bertz CT molecular complexity index is 377. The largest absolute Gasteiger partial charge is 0.477 e. The first kappa shape index (κ1) is 9.83. The fourth-order valence-corrected chi connectivity index (χ4v) is 1.54. The summed E-state index contributed by atoms with van der Waals surface area (Å²) in [6, 6.07) is 7.62. The van der Waals surface area contributed by atoms with Gasteiger partial charge in [-0.2, -0.15) is 0 Å². The number of likely N-dealkylation sites (N-methyl/N-ethyl adjacent to an activating group) is 1. The molecule has 15 heavy (non-hydrogen) atoms. The first-order chi connectivity index (χ1) is 7.18. The van der Waals surface area contributed by atoms with Crippen LogP contribution in [-0.2, 0) is 4.79 Å². The van der Waals surface area contributed by atoms with Crippen molar-refractivity contribution in [1.29, 1.82) is 0 Å². The van der Waals surface area contributed by atoms with Crippen molar-refractivity contribution in [2.75, 3.05) is 26.0 Å². The molecule has 1 atom stereocenters. The van der Waals surface area contributed by atoms with E-state index in [1.165, 1.54) is 0 Å². The van der Waals surface area contributed by atoms with E-state index in [0.29, 0.717) is 6.54 Å². The normalized spacial score (nSPS) is 18.4. The summed E-state index contributed by atoms with van der Waals surface area (Å²) in [4.78, 5) is 13.2. The molecule has 80 valence electrons. The molecule has 2 rings (SSSR count). The molecule has 0 saturated carbocycles. The first-order valence-electron chi connectivity index (χ1n) is 4.89. The lowest BCUT2D eigenvalue weighted by atomic mass is 10.2. The highest BCUT2D eigenvalue weighted by Crippen LogP contribution is 2.28. The van der Waals surface area contributed by atoms with Crippen LogP contribution in [0.1, 0.15) is 0 Å². The molecule has 4 heteroatoms. The third-order valence-electron chi connectivity index (χ3n) is 2.35. The molecular weight excluding hydrogens is 192 g/mol. The Morgan fingerprint density at radius 3 is 2.93 bits per heavy atom. The lowest BCUT2D eigenvalue weighted by molar-refractivity contribution is -0.135. The number of anilines is 1. The molecule has 0 saturated heterocycles. The second-order valence-electron chi connectivity index (χ2n) is 3.72. The summed E-state index contributed by atoms with van der Waals surface area (Å²) in [5.74, 6) is 0.723. The summed E-state index contributed by atoms with van der Waals surface area (Å²) in [6.45, 7) is 0.522. The average Bonchev–Trinajstić information content (AvgIpc) is 2.27. The maximum Gasteiger partial charge on any atom is 0.264 e. The molecule has 0 aliphatic carbocycles. The molecular formula is C11H14N2O2. The number of amides is 1. The molecule has 1 aliphatic heterocycles. The van der Waals surface area contributed by atoms with E-state index < -0.39 is 6.10 Å². The Morgan fingerprint density at radius 2 is 2.20 bits per heavy atom. The molecule has 0 unspecified atom stereocenters. The monoisotopic (exact) mass is 206 g/mol. The second kappa shape index (κ2) is 3.81. The molecule has 1 aliphatic rings. The molecule has 1 N–H and O–H groups in total. The molecule has 0 bridgehead atoms. The van der Waals surface area contributed by atoms with Gasteiger partial charge in [0, 0.05) is 14.1 Å². The maximum absolute atomic E-state index is 11.7. The van der Waals surface area contributed by atoms with E-state index in [1.54, 1.807) is 19.0 Å². The fraction of sp³-hybridized carbons (Fsp3) is 0.364. The molecule has 0 fully saturated rings. The quantitative estimate of drug-likeness (QED) is 0.743. The zero-order chi connectivity index (χ0) is 10.8. The number of nitrogens with zero attached hydrogens (tertiary/aromatic N) is 1. The number of carbonyl (C=O) groups is 1. The molecule has 1 heterocycles. The van der Waals surface area contributed by atoms with Crippen molar-refractivity contribution in [3.63, 3.8) is 0 Å². The predicted molar refractivity (Wildman–Crippen MR) is 58.0 cm³/mol. The van der Waals surface area contributed by atoms with E-state index in [9.17, 15) is 4.79 Å². The number of carbonyl (C=O) groups excluding carboxylic acids is 1. The third-order valence-corrected chi connectivity index (χ3v) is 2.35. The average molecular weight is 206 g/mol. The number of nitrogens with one attached hydrogen (secondary N) is 1. The highest BCUT2D eigenvalue weighted by atomic mass is 16.5. The summed E-state index contributed by atoms with van der Waals surface area (Å²) in [5.41, 5.74) is 0.945. The lowest BCUT2D eigenvalue weighted by Gasteiger charge is -2.28. The Balaban J connectivity index is 2.15. The SMILES string of the molecule is CN(C)C(=O)[C@@H]1CNc2ccccc2O1. The van der Waals surface area contributed by atoms with Crippen LogP contribution in [0.4, 0.5) is 5.69 Å². The van der Waals surface area contributed by atoms with Gasteiger partial charge < -0.3 is 15.0 Å². The van der Waals surface area contributed by atoms with Gasteiger partial charge >= 0.3 is 0 Å². The summed E-state index contributed by atoms with van der Waals surface area (Å²) in [7, 11) is 3.46. The van der Waals surface area contributed by atoms with E-state index >= 15 is 0 Å². The molecule has 1 aromatic rings. The molecule has 1 aromatic carbocycles. The lowest BCUT2D eigenvalue weighted by Crippen LogP contribution is -2.44. The number of fused-ring (bicyclic) bond motifs is 1. The Kier molecular flexibility index (Phi) is 2.49. The van der Waals surface area contributed by atoms with Crippen molar-refractivity contribution < 1.29 is 9.53 Å². The van der Waals surface area contributed by atoms with E-state index in [4.69, 9.17) is 4.74 Å². The van der Waals surface area contributed by atoms with Crippen LogP contribution >= 0.6 is 0 Å². The summed E-state index contributed by atoms with van der Waals surface area (Å²) < 4.78 is 5.60. The van der Waals surface area contributed by atoms with Crippen molar-refractivity contribution in [3.05, 3.63) is 24.3 Å². The van der Waals surface area contributed by atoms with E-state index in [-0.39, 0.29) is 5.91 Å². The van der Waals surface area contributed by atoms with Crippen LogP contribution in [0.3, 0.4) is 0 Å². The molecule has 0 aromatic heterocycles. The zero-order valence-corrected chi connectivity index (χ0v) is 8.86. The first-order valence-corrected chi connectivity index (χ1v) is 4.89. The second-order valence-corrected chi connectivity index (χ2v) is 3.72.